The Balaban J connectivity index is 1.60. The smallest absolute Gasteiger partial charge is 0.161 e. The van der Waals surface area contributed by atoms with E-state index in [1.54, 1.807) is 24.6 Å². The number of nitrogens with zero attached hydrogens (tertiary/aromatic N) is 1. The fourth-order valence-corrected chi connectivity index (χ4v) is 2.97. The fourth-order valence-electron chi connectivity index (χ4n) is 2.32. The van der Waals surface area contributed by atoms with Crippen LogP contribution >= 0.6 is 11.3 Å². The maximum atomic E-state index is 5.92. The van der Waals surface area contributed by atoms with Crippen LogP contribution in [0.15, 0.2) is 59.4 Å². The van der Waals surface area contributed by atoms with E-state index in [2.05, 4.69) is 21.7 Å². The Bertz CT molecular complexity index is 745. The van der Waals surface area contributed by atoms with Gasteiger partial charge in [-0.05, 0) is 52.2 Å². The lowest BCUT2D eigenvalue weighted by atomic mass is 10.2. The van der Waals surface area contributed by atoms with E-state index in [0.29, 0.717) is 6.61 Å². The van der Waals surface area contributed by atoms with Gasteiger partial charge in [0, 0.05) is 19.3 Å². The number of hydrogen-bond acceptors (Lipinski definition) is 5. The van der Waals surface area contributed by atoms with E-state index in [4.69, 9.17) is 9.47 Å². The van der Waals surface area contributed by atoms with Gasteiger partial charge in [0.05, 0.1) is 12.8 Å². The van der Waals surface area contributed by atoms with E-state index in [-0.39, 0.29) is 0 Å². The Hall–Kier alpha value is -2.37. The van der Waals surface area contributed by atoms with E-state index < -0.39 is 0 Å². The highest BCUT2D eigenvalue weighted by Gasteiger charge is 2.07. The molecule has 0 aliphatic carbocycles. The number of thiophene rings is 1. The minimum atomic E-state index is 0.546. The number of aromatic nitrogens is 1. The third kappa shape index (κ3) is 4.57. The highest BCUT2D eigenvalue weighted by molar-refractivity contribution is 7.07. The molecule has 0 saturated carbocycles. The maximum absolute atomic E-state index is 5.92. The van der Waals surface area contributed by atoms with Crippen molar-refractivity contribution in [1.82, 2.24) is 10.3 Å². The zero-order chi connectivity index (χ0) is 16.6. The molecule has 4 nitrogen and oxygen atoms in total. The van der Waals surface area contributed by atoms with Crippen molar-refractivity contribution < 1.29 is 9.47 Å². The largest absolute Gasteiger partial charge is 0.493 e. The fraction of sp³-hybridized carbons (Fsp3) is 0.211. The summed E-state index contributed by atoms with van der Waals surface area (Å²) >= 11 is 1.67. The molecule has 0 radical (unpaired) electrons. The molecule has 124 valence electrons. The topological polar surface area (TPSA) is 43.4 Å². The molecule has 0 aliphatic rings. The third-order valence-corrected chi connectivity index (χ3v) is 4.30. The molecule has 0 aliphatic heterocycles. The van der Waals surface area contributed by atoms with Crippen LogP contribution in [-0.4, -0.2) is 12.1 Å². The SMILES string of the molecule is COc1ccc(CNCc2ccccn2)cc1OCc1ccsc1. The zero-order valence-corrected chi connectivity index (χ0v) is 14.4. The van der Waals surface area contributed by atoms with Crippen molar-refractivity contribution in [2.45, 2.75) is 19.7 Å². The molecule has 0 unspecified atom stereocenters. The van der Waals surface area contributed by atoms with Gasteiger partial charge < -0.3 is 14.8 Å². The van der Waals surface area contributed by atoms with E-state index in [1.165, 1.54) is 5.56 Å². The molecule has 0 atom stereocenters. The van der Waals surface area contributed by atoms with E-state index in [1.807, 2.05) is 41.8 Å². The molecule has 0 spiro atoms. The zero-order valence-electron chi connectivity index (χ0n) is 13.6. The summed E-state index contributed by atoms with van der Waals surface area (Å²) in [5.41, 5.74) is 3.34. The number of nitrogens with one attached hydrogen (secondary N) is 1. The second-order valence-corrected chi connectivity index (χ2v) is 6.11. The number of ether oxygens (including phenoxy) is 2. The first-order valence-electron chi connectivity index (χ1n) is 7.76. The molecule has 3 rings (SSSR count). The van der Waals surface area contributed by atoms with Crippen molar-refractivity contribution in [3.05, 3.63) is 76.2 Å². The summed E-state index contributed by atoms with van der Waals surface area (Å²) in [6.45, 7) is 2.03. The van der Waals surface area contributed by atoms with Crippen molar-refractivity contribution in [3.63, 3.8) is 0 Å². The van der Waals surface area contributed by atoms with Gasteiger partial charge in [0.2, 0.25) is 0 Å². The van der Waals surface area contributed by atoms with Crippen molar-refractivity contribution in [3.8, 4) is 11.5 Å². The first-order valence-corrected chi connectivity index (χ1v) is 8.71. The standard InChI is InChI=1S/C19H20N2O2S/c1-22-18-6-5-15(11-20-12-17-4-2-3-8-21-17)10-19(18)23-13-16-7-9-24-14-16/h2-10,14,20H,11-13H2,1H3. The number of hydrogen-bond donors (Lipinski definition) is 1. The average Bonchev–Trinajstić information content (AvgIpc) is 3.14. The summed E-state index contributed by atoms with van der Waals surface area (Å²) < 4.78 is 11.3. The number of methoxy groups -OCH3 is 1. The third-order valence-electron chi connectivity index (χ3n) is 3.56. The van der Waals surface area contributed by atoms with Gasteiger partial charge in [0.1, 0.15) is 6.61 Å². The number of benzene rings is 1. The van der Waals surface area contributed by atoms with Gasteiger partial charge in [0.15, 0.2) is 11.5 Å². The molecule has 0 amide bonds. The highest BCUT2D eigenvalue weighted by Crippen LogP contribution is 2.29. The normalized spacial score (nSPS) is 10.5. The Morgan fingerprint density at radius 2 is 2.00 bits per heavy atom. The van der Waals surface area contributed by atoms with Crippen LogP contribution < -0.4 is 14.8 Å². The summed E-state index contributed by atoms with van der Waals surface area (Å²) in [5, 5.41) is 7.53. The van der Waals surface area contributed by atoms with Crippen molar-refractivity contribution >= 4 is 11.3 Å². The summed E-state index contributed by atoms with van der Waals surface area (Å²) in [6.07, 6.45) is 1.81. The Kier molecular flexibility index (Phi) is 5.82. The molecular weight excluding hydrogens is 320 g/mol. The second-order valence-electron chi connectivity index (χ2n) is 5.33. The molecule has 0 bridgehead atoms. The minimum absolute atomic E-state index is 0.546. The van der Waals surface area contributed by atoms with Crippen LogP contribution in [0.4, 0.5) is 0 Å². The molecule has 0 fully saturated rings. The van der Waals surface area contributed by atoms with Crippen LogP contribution in [0.25, 0.3) is 0 Å². The molecule has 2 aromatic heterocycles. The monoisotopic (exact) mass is 340 g/mol. The molecule has 2 heterocycles. The summed E-state index contributed by atoms with van der Waals surface area (Å²) in [5.74, 6) is 1.51. The van der Waals surface area contributed by atoms with Gasteiger partial charge >= 0.3 is 0 Å². The van der Waals surface area contributed by atoms with Crippen molar-refractivity contribution in [2.24, 2.45) is 0 Å². The van der Waals surface area contributed by atoms with Gasteiger partial charge in [-0.25, -0.2) is 0 Å². The molecular formula is C19H20N2O2S. The Morgan fingerprint density at radius 3 is 2.75 bits per heavy atom. The van der Waals surface area contributed by atoms with Gasteiger partial charge in [-0.2, -0.15) is 11.3 Å². The summed E-state index contributed by atoms with van der Waals surface area (Å²) in [4.78, 5) is 4.31. The molecule has 1 N–H and O–H groups in total. The van der Waals surface area contributed by atoms with Crippen molar-refractivity contribution in [1.29, 1.82) is 0 Å². The predicted molar refractivity (Wildman–Crippen MR) is 96.4 cm³/mol. The minimum Gasteiger partial charge on any atom is -0.493 e. The first-order chi connectivity index (χ1) is 11.8. The van der Waals surface area contributed by atoms with E-state index in [0.717, 1.165) is 35.8 Å². The average molecular weight is 340 g/mol. The molecule has 24 heavy (non-hydrogen) atoms. The molecule has 1 aromatic carbocycles. The van der Waals surface area contributed by atoms with Crippen LogP contribution in [0.5, 0.6) is 11.5 Å². The van der Waals surface area contributed by atoms with Crippen LogP contribution in [-0.2, 0) is 19.7 Å². The highest BCUT2D eigenvalue weighted by atomic mass is 32.1. The van der Waals surface area contributed by atoms with Gasteiger partial charge in [-0.3, -0.25) is 4.98 Å². The molecule has 0 saturated heterocycles. The summed E-state index contributed by atoms with van der Waals surface area (Å²) in [7, 11) is 1.66. The Morgan fingerprint density at radius 1 is 1.04 bits per heavy atom. The molecule has 5 heteroatoms. The lowest BCUT2D eigenvalue weighted by molar-refractivity contribution is 0.284. The Labute approximate surface area is 146 Å². The van der Waals surface area contributed by atoms with Gasteiger partial charge in [-0.1, -0.05) is 12.1 Å². The van der Waals surface area contributed by atoms with E-state index >= 15 is 0 Å². The van der Waals surface area contributed by atoms with Crippen LogP contribution in [0.3, 0.4) is 0 Å². The lowest BCUT2D eigenvalue weighted by Gasteiger charge is -2.12. The second kappa shape index (κ2) is 8.47. The maximum Gasteiger partial charge on any atom is 0.161 e. The summed E-state index contributed by atoms with van der Waals surface area (Å²) in [6, 6.07) is 14.0. The number of pyridine rings is 1. The molecule has 3 aromatic rings. The predicted octanol–water partition coefficient (Wildman–Crippen LogP) is 4.02. The number of rotatable bonds is 8. The quantitative estimate of drug-likeness (QED) is 0.672. The van der Waals surface area contributed by atoms with Gasteiger partial charge in [0.25, 0.3) is 0 Å². The van der Waals surface area contributed by atoms with Crippen LogP contribution in [0, 0.1) is 0 Å². The lowest BCUT2D eigenvalue weighted by Crippen LogP contribution is -2.13. The van der Waals surface area contributed by atoms with E-state index in [9.17, 15) is 0 Å². The van der Waals surface area contributed by atoms with Gasteiger partial charge in [-0.15, -0.1) is 0 Å². The first kappa shape index (κ1) is 16.5. The van der Waals surface area contributed by atoms with Crippen LogP contribution in [0.1, 0.15) is 16.8 Å². The van der Waals surface area contributed by atoms with Crippen molar-refractivity contribution in [2.75, 3.05) is 7.11 Å². The van der Waals surface area contributed by atoms with Crippen LogP contribution in [0.2, 0.25) is 0 Å².